The molecule has 0 amide bonds. The topological polar surface area (TPSA) is 197 Å². The van der Waals surface area contributed by atoms with Crippen LogP contribution in [0.3, 0.4) is 0 Å². The Morgan fingerprint density at radius 2 is 1.93 bits per heavy atom. The van der Waals surface area contributed by atoms with E-state index in [2.05, 4.69) is 10.2 Å². The minimum absolute atomic E-state index is 0.134. The van der Waals surface area contributed by atoms with Crippen molar-refractivity contribution in [1.29, 1.82) is 5.26 Å². The summed E-state index contributed by atoms with van der Waals surface area (Å²) in [6, 6.07) is 13.6. The molecule has 14 nitrogen and oxygen atoms in total. The predicted molar refractivity (Wildman–Crippen MR) is 148 cm³/mol. The number of aliphatic hydroxyl groups is 1. The lowest BCUT2D eigenvalue weighted by molar-refractivity contribution is -0.159. The molecule has 0 saturated carbocycles. The summed E-state index contributed by atoms with van der Waals surface area (Å²) in [5.74, 6) is -1.83. The SMILES string of the molecule is COC(=O)[C@H](C)N[P@](=O)(OC[C@@]1(C#N)O[C@@H](c2ccc3c(N)ccnn23)[C@H](OC(=O)C(C)C)[C@@H]1O)Oc1ccccc1. The molecule has 0 bridgehead atoms. The van der Waals surface area contributed by atoms with Gasteiger partial charge in [-0.05, 0) is 37.3 Å². The van der Waals surface area contributed by atoms with Crippen molar-refractivity contribution < 1.29 is 42.5 Å². The van der Waals surface area contributed by atoms with Crippen LogP contribution in [-0.4, -0.2) is 64.2 Å². The average Bonchev–Trinajstić information content (AvgIpc) is 3.52. The zero-order chi connectivity index (χ0) is 30.7. The summed E-state index contributed by atoms with van der Waals surface area (Å²) in [5.41, 5.74) is 5.12. The van der Waals surface area contributed by atoms with E-state index in [1.165, 1.54) is 29.8 Å². The van der Waals surface area contributed by atoms with E-state index in [9.17, 15) is 24.5 Å². The molecule has 1 aliphatic rings. The molecule has 1 saturated heterocycles. The summed E-state index contributed by atoms with van der Waals surface area (Å²) in [7, 11) is -3.27. The number of anilines is 1. The predicted octanol–water partition coefficient (Wildman–Crippen LogP) is 2.53. The number of ether oxygens (including phenoxy) is 3. The van der Waals surface area contributed by atoms with E-state index in [0.29, 0.717) is 16.9 Å². The van der Waals surface area contributed by atoms with Crippen LogP contribution in [0.25, 0.3) is 5.52 Å². The number of rotatable bonds is 11. The highest BCUT2D eigenvalue weighted by atomic mass is 31.2. The highest BCUT2D eigenvalue weighted by Gasteiger charge is 2.59. The molecule has 42 heavy (non-hydrogen) atoms. The number of nitrogen functional groups attached to an aromatic ring is 1. The number of carbonyl (C=O) groups is 2. The lowest BCUT2D eigenvalue weighted by Crippen LogP contribution is -2.47. The standard InChI is InChI=1S/C27H32N5O9P/c1-16(2)25(34)39-23-22(21-11-10-20-19(29)12-13-30-32(20)21)40-27(14-28,24(23)33)15-38-42(36,31-17(3)26(35)37-4)41-18-8-6-5-7-9-18/h5-13,16-17,22-24,33H,15,29H2,1-4H3,(H,31,36)/t17-,22-,23-,24-,27+,42-/m0/s1. The molecule has 1 aromatic carbocycles. The summed E-state index contributed by atoms with van der Waals surface area (Å²) < 4.78 is 43.0. The first kappa shape index (κ1) is 31.0. The molecule has 6 atom stereocenters. The zero-order valence-electron chi connectivity index (χ0n) is 23.4. The number of hydrogen-bond donors (Lipinski definition) is 3. The second-order valence-electron chi connectivity index (χ2n) is 9.93. The fourth-order valence-electron chi connectivity index (χ4n) is 4.29. The fraction of sp³-hybridized carbons (Fsp3) is 0.407. The Labute approximate surface area is 241 Å². The number of aliphatic hydroxyl groups excluding tert-OH is 1. The van der Waals surface area contributed by atoms with E-state index in [1.54, 1.807) is 50.2 Å². The number of nitrogens with two attached hydrogens (primary N) is 1. The lowest BCUT2D eigenvalue weighted by atomic mass is 9.96. The van der Waals surface area contributed by atoms with Gasteiger partial charge in [0.1, 0.15) is 36.7 Å². The van der Waals surface area contributed by atoms with E-state index < -0.39 is 62.2 Å². The molecule has 0 radical (unpaired) electrons. The number of aromatic nitrogens is 2. The van der Waals surface area contributed by atoms with Gasteiger partial charge in [0.15, 0.2) is 6.10 Å². The van der Waals surface area contributed by atoms with Crippen molar-refractivity contribution in [1.82, 2.24) is 14.7 Å². The summed E-state index contributed by atoms with van der Waals surface area (Å²) >= 11 is 0. The van der Waals surface area contributed by atoms with E-state index in [0.717, 1.165) is 7.11 Å². The van der Waals surface area contributed by atoms with Crippen LogP contribution in [-0.2, 0) is 32.9 Å². The van der Waals surface area contributed by atoms with E-state index in [1.807, 2.05) is 6.07 Å². The van der Waals surface area contributed by atoms with Crippen molar-refractivity contribution in [2.24, 2.45) is 5.92 Å². The highest BCUT2D eigenvalue weighted by molar-refractivity contribution is 7.52. The van der Waals surface area contributed by atoms with Crippen molar-refractivity contribution in [3.8, 4) is 11.8 Å². The number of nitriles is 1. The summed E-state index contributed by atoms with van der Waals surface area (Å²) in [4.78, 5) is 24.7. The van der Waals surface area contributed by atoms with Gasteiger partial charge < -0.3 is 29.6 Å². The van der Waals surface area contributed by atoms with Crippen LogP contribution >= 0.6 is 7.75 Å². The zero-order valence-corrected chi connectivity index (χ0v) is 24.3. The first-order chi connectivity index (χ1) is 19.9. The third-order valence-electron chi connectivity index (χ3n) is 6.57. The van der Waals surface area contributed by atoms with Gasteiger partial charge in [-0.1, -0.05) is 32.0 Å². The number of hydrogen-bond acceptors (Lipinski definition) is 12. The number of fused-ring (bicyclic) bond motifs is 1. The molecule has 3 heterocycles. The third-order valence-corrected chi connectivity index (χ3v) is 8.19. The molecule has 2 aromatic heterocycles. The molecule has 3 aromatic rings. The Balaban J connectivity index is 1.69. The summed E-state index contributed by atoms with van der Waals surface area (Å²) in [6.45, 7) is 3.78. The monoisotopic (exact) mass is 601 g/mol. The number of benzene rings is 1. The van der Waals surface area contributed by atoms with E-state index in [4.69, 9.17) is 29.0 Å². The van der Waals surface area contributed by atoms with Gasteiger partial charge >= 0.3 is 19.7 Å². The molecule has 4 N–H and O–H groups in total. The van der Waals surface area contributed by atoms with Crippen LogP contribution in [0.5, 0.6) is 5.75 Å². The fourth-order valence-corrected chi connectivity index (χ4v) is 5.81. The van der Waals surface area contributed by atoms with Gasteiger partial charge in [0.05, 0.1) is 29.9 Å². The van der Waals surface area contributed by atoms with E-state index in [-0.39, 0.29) is 5.75 Å². The van der Waals surface area contributed by atoms with Crippen molar-refractivity contribution in [2.75, 3.05) is 19.5 Å². The van der Waals surface area contributed by atoms with Crippen LogP contribution < -0.4 is 15.3 Å². The Morgan fingerprint density at radius 3 is 2.57 bits per heavy atom. The first-order valence-corrected chi connectivity index (χ1v) is 14.5. The molecule has 15 heteroatoms. The quantitative estimate of drug-likeness (QED) is 0.214. The number of nitrogens with one attached hydrogen (secondary N) is 1. The van der Waals surface area contributed by atoms with Crippen LogP contribution in [0.4, 0.5) is 5.69 Å². The molecule has 224 valence electrons. The minimum atomic E-state index is -4.42. The second-order valence-corrected chi connectivity index (χ2v) is 11.6. The Morgan fingerprint density at radius 1 is 1.21 bits per heavy atom. The van der Waals surface area contributed by atoms with E-state index >= 15 is 0 Å². The van der Waals surface area contributed by atoms with Gasteiger partial charge in [-0.2, -0.15) is 15.4 Å². The molecular weight excluding hydrogens is 569 g/mol. The Kier molecular flexibility index (Phi) is 9.20. The number of carbonyl (C=O) groups excluding carboxylic acids is 2. The maximum Gasteiger partial charge on any atom is 0.459 e. The highest BCUT2D eigenvalue weighted by Crippen LogP contribution is 2.49. The van der Waals surface area contributed by atoms with Crippen molar-refractivity contribution in [3.05, 3.63) is 60.4 Å². The lowest BCUT2D eigenvalue weighted by Gasteiger charge is -2.28. The smallest absolute Gasteiger partial charge is 0.459 e. The Hall–Kier alpha value is -3.99. The molecule has 1 aliphatic heterocycles. The number of para-hydroxylation sites is 1. The average molecular weight is 602 g/mol. The maximum absolute atomic E-state index is 13.9. The first-order valence-electron chi connectivity index (χ1n) is 13.0. The summed E-state index contributed by atoms with van der Waals surface area (Å²) in [5, 5.41) is 28.5. The third kappa shape index (κ3) is 6.25. The minimum Gasteiger partial charge on any atom is -0.468 e. The largest absolute Gasteiger partial charge is 0.468 e. The van der Waals surface area contributed by atoms with Gasteiger partial charge in [-0.25, -0.2) is 9.08 Å². The van der Waals surface area contributed by atoms with Gasteiger partial charge in [0.2, 0.25) is 5.60 Å². The van der Waals surface area contributed by atoms with Gasteiger partial charge in [0.25, 0.3) is 0 Å². The van der Waals surface area contributed by atoms with Crippen molar-refractivity contribution in [3.63, 3.8) is 0 Å². The van der Waals surface area contributed by atoms with Crippen LogP contribution in [0.2, 0.25) is 0 Å². The van der Waals surface area contributed by atoms with Crippen molar-refractivity contribution >= 4 is 30.9 Å². The number of methoxy groups -OCH3 is 1. The van der Waals surface area contributed by atoms with Gasteiger partial charge in [-0.15, -0.1) is 0 Å². The van der Waals surface area contributed by atoms with Crippen LogP contribution in [0.15, 0.2) is 54.7 Å². The number of esters is 2. The Bertz CT molecular complexity index is 1530. The van der Waals surface area contributed by atoms with Crippen LogP contribution in [0.1, 0.15) is 32.6 Å². The van der Waals surface area contributed by atoms with Crippen molar-refractivity contribution in [2.45, 2.75) is 50.7 Å². The van der Waals surface area contributed by atoms with Gasteiger partial charge in [0, 0.05) is 6.20 Å². The molecule has 0 aliphatic carbocycles. The summed E-state index contributed by atoms with van der Waals surface area (Å²) in [6.07, 6.45) is -2.91. The van der Waals surface area contributed by atoms with Crippen LogP contribution in [0, 0.1) is 17.2 Å². The van der Waals surface area contributed by atoms with Gasteiger partial charge in [-0.3, -0.25) is 14.1 Å². The molecular formula is C27H32N5O9P. The molecule has 4 rings (SSSR count). The number of nitrogens with zero attached hydrogens (tertiary/aromatic N) is 3. The molecule has 1 fully saturated rings. The molecule has 0 unspecified atom stereocenters. The maximum atomic E-state index is 13.9. The normalized spacial score (nSPS) is 24.1. The second kappa shape index (κ2) is 12.5. The molecule has 0 spiro atoms.